The van der Waals surface area contributed by atoms with E-state index >= 15 is 0 Å². The third kappa shape index (κ3) is 2.81. The molecule has 2 aromatic rings. The summed E-state index contributed by atoms with van der Waals surface area (Å²) in [6, 6.07) is -0.263. The average molecular weight is 289 g/mol. The van der Waals surface area contributed by atoms with Crippen molar-refractivity contribution in [3.63, 3.8) is 0 Å². The van der Waals surface area contributed by atoms with Crippen molar-refractivity contribution in [2.75, 3.05) is 13.1 Å². The molecule has 1 saturated heterocycles. The minimum Gasteiger partial charge on any atom is -0.343 e. The lowest BCUT2D eigenvalue weighted by Gasteiger charge is -2.32. The van der Waals surface area contributed by atoms with Crippen molar-refractivity contribution in [3.8, 4) is 0 Å². The molecular weight excluding hydrogens is 270 g/mol. The number of nitrogens with zero attached hydrogens (tertiary/aromatic N) is 5. The van der Waals surface area contributed by atoms with Crippen LogP contribution in [0.1, 0.15) is 43.1 Å². The molecule has 3 rings (SSSR count). The lowest BCUT2D eigenvalue weighted by Crippen LogP contribution is -2.41. The van der Waals surface area contributed by atoms with Gasteiger partial charge in [0.2, 0.25) is 12.3 Å². The zero-order valence-electron chi connectivity index (χ0n) is 12.3. The Labute approximate surface area is 122 Å². The third-order valence-electron chi connectivity index (χ3n) is 4.03. The molecule has 21 heavy (non-hydrogen) atoms. The molecule has 1 fully saturated rings. The number of hydrogen-bond acceptors (Lipinski definition) is 5. The molecular formula is C14H19N5O2. The number of likely N-dealkylation sites (tertiary alicyclic amines) is 1. The van der Waals surface area contributed by atoms with Gasteiger partial charge < -0.3 is 9.42 Å². The second-order valence-corrected chi connectivity index (χ2v) is 5.56. The fraction of sp³-hybridized carbons (Fsp3) is 0.571. The van der Waals surface area contributed by atoms with Gasteiger partial charge in [-0.05, 0) is 32.3 Å². The van der Waals surface area contributed by atoms with E-state index in [2.05, 4.69) is 15.2 Å². The van der Waals surface area contributed by atoms with Gasteiger partial charge in [-0.25, -0.2) is 0 Å². The Balaban J connectivity index is 1.60. The van der Waals surface area contributed by atoms with Gasteiger partial charge >= 0.3 is 0 Å². The fourth-order valence-corrected chi connectivity index (χ4v) is 2.74. The third-order valence-corrected chi connectivity index (χ3v) is 4.03. The lowest BCUT2D eigenvalue weighted by atomic mass is 9.96. The molecule has 1 atom stereocenters. The number of hydrogen-bond donors (Lipinski definition) is 0. The minimum atomic E-state index is -0.263. The van der Waals surface area contributed by atoms with Crippen molar-refractivity contribution >= 4 is 5.91 Å². The summed E-state index contributed by atoms with van der Waals surface area (Å²) in [5.74, 6) is 1.15. The van der Waals surface area contributed by atoms with Crippen molar-refractivity contribution in [1.29, 1.82) is 0 Å². The first kappa shape index (κ1) is 13.8. The number of piperidine rings is 1. The minimum absolute atomic E-state index is 0.115. The molecule has 0 aliphatic carbocycles. The van der Waals surface area contributed by atoms with Crippen LogP contribution in [0.4, 0.5) is 0 Å². The summed E-state index contributed by atoms with van der Waals surface area (Å²) in [4.78, 5) is 18.5. The standard InChI is InChI=1S/C14H19N5O2/c1-10-7-16-19(8-10)11(2)14(20)18-5-3-12(4-6-18)13-15-9-21-17-13/h7-9,11-12H,3-6H2,1-2H3. The number of carbonyl (C=O) groups excluding carboxylic acids is 1. The van der Waals surface area contributed by atoms with Gasteiger partial charge in [-0.1, -0.05) is 5.16 Å². The molecule has 7 heteroatoms. The monoisotopic (exact) mass is 289 g/mol. The van der Waals surface area contributed by atoms with Crippen LogP contribution >= 0.6 is 0 Å². The van der Waals surface area contributed by atoms with Crippen LogP contribution in [0, 0.1) is 6.92 Å². The van der Waals surface area contributed by atoms with E-state index in [9.17, 15) is 4.79 Å². The Hall–Kier alpha value is -2.18. The summed E-state index contributed by atoms with van der Waals surface area (Å²) < 4.78 is 6.51. The molecule has 1 amide bonds. The molecule has 0 saturated carbocycles. The van der Waals surface area contributed by atoms with E-state index < -0.39 is 0 Å². The average Bonchev–Trinajstić information content (AvgIpc) is 3.17. The number of amides is 1. The second-order valence-electron chi connectivity index (χ2n) is 5.56. The molecule has 1 aliphatic heterocycles. The summed E-state index contributed by atoms with van der Waals surface area (Å²) in [5.41, 5.74) is 1.06. The van der Waals surface area contributed by atoms with Crippen molar-refractivity contribution in [1.82, 2.24) is 24.8 Å². The lowest BCUT2D eigenvalue weighted by molar-refractivity contribution is -0.135. The van der Waals surface area contributed by atoms with Gasteiger partial charge in [-0.3, -0.25) is 9.48 Å². The molecule has 7 nitrogen and oxygen atoms in total. The maximum Gasteiger partial charge on any atom is 0.247 e. The topological polar surface area (TPSA) is 77.0 Å². The van der Waals surface area contributed by atoms with Crippen LogP contribution in [-0.2, 0) is 4.79 Å². The van der Waals surface area contributed by atoms with Gasteiger partial charge in [0.1, 0.15) is 6.04 Å². The number of aromatic nitrogens is 4. The molecule has 0 bridgehead atoms. The van der Waals surface area contributed by atoms with Gasteiger partial charge in [0.15, 0.2) is 5.82 Å². The van der Waals surface area contributed by atoms with Crippen LogP contribution < -0.4 is 0 Å². The van der Waals surface area contributed by atoms with Crippen molar-refractivity contribution in [3.05, 3.63) is 30.2 Å². The Morgan fingerprint density at radius 3 is 2.76 bits per heavy atom. The summed E-state index contributed by atoms with van der Waals surface area (Å²) in [6.07, 6.45) is 6.77. The van der Waals surface area contributed by atoms with E-state index in [0.29, 0.717) is 0 Å². The highest BCUT2D eigenvalue weighted by atomic mass is 16.5. The number of rotatable bonds is 3. The van der Waals surface area contributed by atoms with E-state index in [-0.39, 0.29) is 17.9 Å². The normalized spacial score (nSPS) is 17.9. The molecule has 1 aliphatic rings. The molecule has 0 spiro atoms. The van der Waals surface area contributed by atoms with Gasteiger partial charge in [0.05, 0.1) is 6.20 Å². The Morgan fingerprint density at radius 1 is 1.43 bits per heavy atom. The van der Waals surface area contributed by atoms with Crippen LogP contribution in [0.25, 0.3) is 0 Å². The largest absolute Gasteiger partial charge is 0.343 e. The molecule has 1 unspecified atom stereocenters. The van der Waals surface area contributed by atoms with Crippen molar-refractivity contribution in [2.24, 2.45) is 0 Å². The molecule has 3 heterocycles. The van der Waals surface area contributed by atoms with E-state index in [1.807, 2.05) is 24.9 Å². The van der Waals surface area contributed by atoms with E-state index in [1.165, 1.54) is 6.39 Å². The summed E-state index contributed by atoms with van der Waals surface area (Å²) >= 11 is 0. The smallest absolute Gasteiger partial charge is 0.247 e. The maximum atomic E-state index is 12.5. The predicted octanol–water partition coefficient (Wildman–Crippen LogP) is 1.54. The van der Waals surface area contributed by atoms with Crippen LogP contribution in [0.15, 0.2) is 23.3 Å². The van der Waals surface area contributed by atoms with E-state index in [1.54, 1.807) is 10.9 Å². The first-order valence-corrected chi connectivity index (χ1v) is 7.21. The second kappa shape index (κ2) is 5.67. The van der Waals surface area contributed by atoms with Gasteiger partial charge in [0.25, 0.3) is 0 Å². The van der Waals surface area contributed by atoms with Crippen LogP contribution in [0.3, 0.4) is 0 Å². The van der Waals surface area contributed by atoms with E-state index in [0.717, 1.165) is 37.3 Å². The first-order valence-electron chi connectivity index (χ1n) is 7.21. The van der Waals surface area contributed by atoms with Crippen molar-refractivity contribution < 1.29 is 9.32 Å². The van der Waals surface area contributed by atoms with Crippen LogP contribution in [-0.4, -0.2) is 43.8 Å². The molecule has 112 valence electrons. The maximum absolute atomic E-state index is 12.5. The molecule has 0 N–H and O–H groups in total. The first-order chi connectivity index (χ1) is 10.1. The Morgan fingerprint density at radius 2 is 2.19 bits per heavy atom. The number of aryl methyl sites for hydroxylation is 1. The zero-order chi connectivity index (χ0) is 14.8. The highest BCUT2D eigenvalue weighted by molar-refractivity contribution is 5.80. The fourth-order valence-electron chi connectivity index (χ4n) is 2.74. The molecule has 0 aromatic carbocycles. The van der Waals surface area contributed by atoms with Crippen molar-refractivity contribution in [2.45, 2.75) is 38.6 Å². The Kier molecular flexibility index (Phi) is 3.72. The van der Waals surface area contributed by atoms with Crippen LogP contribution in [0.2, 0.25) is 0 Å². The number of carbonyl (C=O) groups is 1. The highest BCUT2D eigenvalue weighted by Gasteiger charge is 2.29. The summed E-state index contributed by atoms with van der Waals surface area (Å²) in [6.45, 7) is 5.31. The van der Waals surface area contributed by atoms with Gasteiger partial charge in [0, 0.05) is 25.2 Å². The van der Waals surface area contributed by atoms with E-state index in [4.69, 9.17) is 4.52 Å². The highest BCUT2D eigenvalue weighted by Crippen LogP contribution is 2.26. The van der Waals surface area contributed by atoms with Gasteiger partial charge in [-0.15, -0.1) is 0 Å². The van der Waals surface area contributed by atoms with Crippen LogP contribution in [0.5, 0.6) is 0 Å². The SMILES string of the molecule is Cc1cnn(C(C)C(=O)N2CCC(c3ncon3)CC2)c1. The molecule has 0 radical (unpaired) electrons. The quantitative estimate of drug-likeness (QED) is 0.856. The predicted molar refractivity (Wildman–Crippen MR) is 74.5 cm³/mol. The Bertz CT molecular complexity index is 599. The summed E-state index contributed by atoms with van der Waals surface area (Å²) in [7, 11) is 0. The molecule has 2 aromatic heterocycles. The summed E-state index contributed by atoms with van der Waals surface area (Å²) in [5, 5.41) is 8.12. The van der Waals surface area contributed by atoms with Gasteiger partial charge in [-0.2, -0.15) is 10.1 Å². The zero-order valence-corrected chi connectivity index (χ0v) is 12.3.